The largest absolute Gasteiger partial charge is 0.508 e. The minimum Gasteiger partial charge on any atom is -0.508 e. The number of nitrogens with zero attached hydrogens (tertiary/aromatic N) is 1. The van der Waals surface area contributed by atoms with Gasteiger partial charge < -0.3 is 25.5 Å². The summed E-state index contributed by atoms with van der Waals surface area (Å²) in [5.74, 6) is 0.239. The number of hydrogen-bond acceptors (Lipinski definition) is 5. The molecule has 0 amide bonds. The molecule has 0 spiro atoms. The summed E-state index contributed by atoms with van der Waals surface area (Å²) in [5, 5.41) is 35.6. The van der Waals surface area contributed by atoms with E-state index >= 15 is 0 Å². The summed E-state index contributed by atoms with van der Waals surface area (Å²) in [6.07, 6.45) is 2.18. The van der Waals surface area contributed by atoms with Crippen molar-refractivity contribution >= 4 is 0 Å². The second-order valence-corrected chi connectivity index (χ2v) is 7.67. The van der Waals surface area contributed by atoms with Crippen LogP contribution in [0.4, 0.5) is 0 Å². The van der Waals surface area contributed by atoms with E-state index in [4.69, 9.17) is 0 Å². The van der Waals surface area contributed by atoms with Crippen molar-refractivity contribution in [2.45, 2.75) is 54.9 Å². The summed E-state index contributed by atoms with van der Waals surface area (Å²) in [4.78, 5) is 2.26. The van der Waals surface area contributed by atoms with Crippen LogP contribution < -0.4 is 5.32 Å². The zero-order valence-electron chi connectivity index (χ0n) is 13.8. The molecule has 126 valence electrons. The molecule has 23 heavy (non-hydrogen) atoms. The van der Waals surface area contributed by atoms with Crippen molar-refractivity contribution < 1.29 is 15.3 Å². The fourth-order valence-electron chi connectivity index (χ4n) is 5.50. The van der Waals surface area contributed by atoms with Crippen molar-refractivity contribution in [3.63, 3.8) is 0 Å². The molecule has 5 nitrogen and oxygen atoms in total. The molecule has 1 heterocycles. The molecule has 4 N–H and O–H groups in total. The maximum Gasteiger partial charge on any atom is 0.115 e. The van der Waals surface area contributed by atoms with Crippen LogP contribution in [0.5, 0.6) is 5.75 Å². The average Bonchev–Trinajstić information content (AvgIpc) is 2.52. The summed E-state index contributed by atoms with van der Waals surface area (Å²) in [6, 6.07) is 5.48. The highest BCUT2D eigenvalue weighted by Gasteiger charge is 2.65. The molecule has 1 unspecified atom stereocenters. The molecule has 1 aromatic rings. The van der Waals surface area contributed by atoms with Crippen LogP contribution in [0.1, 0.15) is 30.4 Å². The van der Waals surface area contributed by atoms with Crippen molar-refractivity contribution in [2.24, 2.45) is 0 Å². The van der Waals surface area contributed by atoms with E-state index < -0.39 is 17.1 Å². The molecule has 4 rings (SSSR count). The summed E-state index contributed by atoms with van der Waals surface area (Å²) in [6.45, 7) is 0.902. The number of piperidine rings is 1. The maximum absolute atomic E-state index is 11.8. The number of aliphatic hydroxyl groups excluding tert-OH is 1. The number of hydrogen-bond donors (Lipinski definition) is 4. The molecule has 1 saturated heterocycles. The topological polar surface area (TPSA) is 76.0 Å². The van der Waals surface area contributed by atoms with Gasteiger partial charge in [0.2, 0.25) is 0 Å². The Morgan fingerprint density at radius 3 is 2.83 bits per heavy atom. The Hall–Kier alpha value is -1.14. The van der Waals surface area contributed by atoms with E-state index in [1.165, 1.54) is 5.56 Å². The molecule has 3 aliphatic rings. The number of likely N-dealkylation sites (tertiary alicyclic amines) is 1. The number of phenols is 1. The van der Waals surface area contributed by atoms with Gasteiger partial charge in [0, 0.05) is 17.5 Å². The van der Waals surface area contributed by atoms with Gasteiger partial charge in [-0.2, -0.15) is 0 Å². The van der Waals surface area contributed by atoms with Crippen molar-refractivity contribution in [3.05, 3.63) is 29.3 Å². The summed E-state index contributed by atoms with van der Waals surface area (Å²) < 4.78 is 0. The molecule has 2 fully saturated rings. The van der Waals surface area contributed by atoms with Crippen LogP contribution in [0, 0.1) is 0 Å². The smallest absolute Gasteiger partial charge is 0.115 e. The lowest BCUT2D eigenvalue weighted by atomic mass is 9.48. The van der Waals surface area contributed by atoms with Gasteiger partial charge in [0.1, 0.15) is 5.75 Å². The minimum atomic E-state index is -0.881. The van der Waals surface area contributed by atoms with E-state index in [0.717, 1.165) is 24.9 Å². The Morgan fingerprint density at radius 1 is 1.30 bits per heavy atom. The first-order valence-corrected chi connectivity index (χ1v) is 8.51. The number of phenolic OH excluding ortho intramolecular Hbond substituents is 1. The van der Waals surface area contributed by atoms with Crippen LogP contribution in [0.15, 0.2) is 18.2 Å². The molecule has 1 aromatic carbocycles. The number of nitrogens with one attached hydrogen (secondary N) is 1. The molecular weight excluding hydrogens is 292 g/mol. The molecular formula is C18H26N2O3. The van der Waals surface area contributed by atoms with E-state index in [0.29, 0.717) is 12.8 Å². The summed E-state index contributed by atoms with van der Waals surface area (Å²) in [5.41, 5.74) is 0.883. The Labute approximate surface area is 136 Å². The van der Waals surface area contributed by atoms with Crippen LogP contribution >= 0.6 is 0 Å². The second-order valence-electron chi connectivity index (χ2n) is 7.67. The molecule has 5 heteroatoms. The lowest BCUT2D eigenvalue weighted by Crippen LogP contribution is -2.75. The molecule has 1 saturated carbocycles. The highest BCUT2D eigenvalue weighted by atomic mass is 16.3. The standard InChI is InChI=1S/C18H26N2O3/c1-19-14-9-18(23)16-7-11-3-4-12(21)8-13(11)17(18,10-15(14)22)5-6-20(16)2/h3-4,8,14-16,19,21-23H,5-7,9-10H2,1-2H3/t14-,15+,16+,17?,18+/m0/s1. The van der Waals surface area contributed by atoms with Gasteiger partial charge in [-0.3, -0.25) is 0 Å². The number of rotatable bonds is 1. The molecule has 2 bridgehead atoms. The normalized spacial score (nSPS) is 42.9. The third kappa shape index (κ3) is 1.88. The Morgan fingerprint density at radius 2 is 2.09 bits per heavy atom. The molecule has 2 aliphatic carbocycles. The zero-order chi connectivity index (χ0) is 16.4. The van der Waals surface area contributed by atoms with Crippen LogP contribution in [0.3, 0.4) is 0 Å². The fourth-order valence-corrected chi connectivity index (χ4v) is 5.50. The summed E-state index contributed by atoms with van der Waals surface area (Å²) >= 11 is 0. The van der Waals surface area contributed by atoms with E-state index in [1.807, 2.05) is 19.2 Å². The van der Waals surface area contributed by atoms with Crippen molar-refractivity contribution in [3.8, 4) is 5.75 Å². The Kier molecular flexibility index (Phi) is 3.30. The average molecular weight is 318 g/mol. The van der Waals surface area contributed by atoms with Gasteiger partial charge in [0.15, 0.2) is 0 Å². The quantitative estimate of drug-likeness (QED) is 0.602. The van der Waals surface area contributed by atoms with Crippen molar-refractivity contribution in [2.75, 3.05) is 20.6 Å². The van der Waals surface area contributed by atoms with E-state index in [2.05, 4.69) is 17.3 Å². The fraction of sp³-hybridized carbons (Fsp3) is 0.667. The third-order valence-electron chi connectivity index (χ3n) is 6.75. The van der Waals surface area contributed by atoms with Crippen LogP contribution in [0.25, 0.3) is 0 Å². The van der Waals surface area contributed by atoms with Crippen molar-refractivity contribution in [1.82, 2.24) is 10.2 Å². The van der Waals surface area contributed by atoms with E-state index in [-0.39, 0.29) is 17.8 Å². The molecule has 5 atom stereocenters. The number of likely N-dealkylation sites (N-methyl/N-ethyl adjacent to an activating group) is 2. The maximum atomic E-state index is 11.8. The number of aromatic hydroxyl groups is 1. The predicted octanol–water partition coefficient (Wildman–Crippen LogP) is 0.364. The van der Waals surface area contributed by atoms with Crippen LogP contribution in [-0.4, -0.2) is 64.6 Å². The van der Waals surface area contributed by atoms with Crippen molar-refractivity contribution in [1.29, 1.82) is 0 Å². The third-order valence-corrected chi connectivity index (χ3v) is 6.75. The molecule has 0 radical (unpaired) electrons. The van der Waals surface area contributed by atoms with E-state index in [9.17, 15) is 15.3 Å². The minimum absolute atomic E-state index is 0.0524. The first kappa shape index (κ1) is 15.4. The zero-order valence-corrected chi connectivity index (χ0v) is 13.8. The van der Waals surface area contributed by atoms with Gasteiger partial charge in [-0.1, -0.05) is 6.07 Å². The number of fused-ring (bicyclic) bond motifs is 1. The first-order chi connectivity index (χ1) is 10.9. The first-order valence-electron chi connectivity index (χ1n) is 8.51. The SMILES string of the molecule is CN[C@H]1C[C@@]2(O)[C@H]3Cc4ccc(O)cc4C2(CCN3C)C[C@H]1O. The molecule has 0 aromatic heterocycles. The number of aliphatic hydroxyl groups is 2. The highest BCUT2D eigenvalue weighted by molar-refractivity contribution is 5.48. The van der Waals surface area contributed by atoms with Gasteiger partial charge in [-0.15, -0.1) is 0 Å². The highest BCUT2D eigenvalue weighted by Crippen LogP contribution is 2.58. The van der Waals surface area contributed by atoms with Crippen LogP contribution in [0.2, 0.25) is 0 Å². The van der Waals surface area contributed by atoms with Gasteiger partial charge in [-0.05, 0) is 69.6 Å². The van der Waals surface area contributed by atoms with Gasteiger partial charge in [-0.25, -0.2) is 0 Å². The van der Waals surface area contributed by atoms with Gasteiger partial charge >= 0.3 is 0 Å². The van der Waals surface area contributed by atoms with Crippen LogP contribution in [-0.2, 0) is 11.8 Å². The lowest BCUT2D eigenvalue weighted by Gasteiger charge is -2.65. The monoisotopic (exact) mass is 318 g/mol. The Bertz CT molecular complexity index is 637. The number of benzene rings is 1. The lowest BCUT2D eigenvalue weighted by molar-refractivity contribution is -0.184. The Balaban J connectivity index is 1.92. The summed E-state index contributed by atoms with van der Waals surface area (Å²) in [7, 11) is 3.93. The van der Waals surface area contributed by atoms with Gasteiger partial charge in [0.05, 0.1) is 11.7 Å². The molecule has 1 aliphatic heterocycles. The van der Waals surface area contributed by atoms with Gasteiger partial charge in [0.25, 0.3) is 0 Å². The van der Waals surface area contributed by atoms with E-state index in [1.54, 1.807) is 6.07 Å². The predicted molar refractivity (Wildman–Crippen MR) is 87.6 cm³/mol. The second kappa shape index (κ2) is 4.93.